The number of hydrogen-bond acceptors (Lipinski definition) is 1. The molecule has 1 heterocycles. The Morgan fingerprint density at radius 3 is 2.22 bits per heavy atom. The molecular formula is C29H33N2O+. The van der Waals surface area contributed by atoms with E-state index in [2.05, 4.69) is 90.4 Å². The van der Waals surface area contributed by atoms with Gasteiger partial charge in [0.25, 0.3) is 0 Å². The molecule has 1 aliphatic carbocycles. The van der Waals surface area contributed by atoms with Gasteiger partial charge in [-0.25, -0.2) is 0 Å². The van der Waals surface area contributed by atoms with Crippen LogP contribution in [0.25, 0.3) is 10.9 Å². The fourth-order valence-electron chi connectivity index (χ4n) is 5.33. The minimum atomic E-state index is -0.349. The molecule has 0 unspecified atom stereocenters. The van der Waals surface area contributed by atoms with E-state index in [1.807, 2.05) is 0 Å². The summed E-state index contributed by atoms with van der Waals surface area (Å²) in [7, 11) is 0. The maximum atomic E-state index is 10.9. The Bertz CT molecular complexity index is 1140. The Balaban J connectivity index is 1.45. The first kappa shape index (κ1) is 21.0. The van der Waals surface area contributed by atoms with E-state index >= 15 is 0 Å². The molecule has 0 fully saturated rings. The van der Waals surface area contributed by atoms with E-state index in [0.717, 1.165) is 51.1 Å². The van der Waals surface area contributed by atoms with Gasteiger partial charge in [0, 0.05) is 22.0 Å². The topological polar surface area (TPSA) is 29.6 Å². The SMILES string of the molecule is Cc1ccc2c(c1)c1c(n2CC[NH+](Cc2ccccc2)Cc2ccccc2)[C@@H](O)CCC1. The van der Waals surface area contributed by atoms with Crippen molar-refractivity contribution in [3.8, 4) is 0 Å². The van der Waals surface area contributed by atoms with E-state index in [1.54, 1.807) is 0 Å². The summed E-state index contributed by atoms with van der Waals surface area (Å²) in [5.41, 5.74) is 7.84. The smallest absolute Gasteiger partial charge is 0.103 e. The molecule has 0 aliphatic heterocycles. The van der Waals surface area contributed by atoms with Crippen LogP contribution < -0.4 is 4.90 Å². The maximum Gasteiger partial charge on any atom is 0.103 e. The highest BCUT2D eigenvalue weighted by Gasteiger charge is 2.27. The van der Waals surface area contributed by atoms with Crippen LogP contribution in [0.2, 0.25) is 0 Å². The normalized spacial score (nSPS) is 15.9. The molecule has 5 rings (SSSR count). The lowest BCUT2D eigenvalue weighted by Crippen LogP contribution is -3.09. The van der Waals surface area contributed by atoms with Crippen LogP contribution in [0.15, 0.2) is 78.9 Å². The Morgan fingerprint density at radius 2 is 1.56 bits per heavy atom. The number of hydrogen-bond donors (Lipinski definition) is 2. The molecule has 0 saturated carbocycles. The van der Waals surface area contributed by atoms with E-state index < -0.39 is 0 Å². The quantitative estimate of drug-likeness (QED) is 0.445. The number of aryl methyl sites for hydroxylation is 2. The van der Waals surface area contributed by atoms with Gasteiger partial charge in [0.2, 0.25) is 0 Å². The summed E-state index contributed by atoms with van der Waals surface area (Å²) >= 11 is 0. The second-order valence-corrected chi connectivity index (χ2v) is 9.27. The zero-order valence-electron chi connectivity index (χ0n) is 18.9. The molecule has 2 N–H and O–H groups in total. The van der Waals surface area contributed by atoms with Gasteiger partial charge in [-0.05, 0) is 43.9 Å². The second kappa shape index (κ2) is 9.32. The predicted molar refractivity (Wildman–Crippen MR) is 131 cm³/mol. The fraction of sp³-hybridized carbons (Fsp3) is 0.310. The van der Waals surface area contributed by atoms with Crippen LogP contribution in [0.3, 0.4) is 0 Å². The molecule has 0 saturated heterocycles. The molecule has 164 valence electrons. The van der Waals surface area contributed by atoms with E-state index in [1.165, 1.54) is 38.1 Å². The Kier molecular flexibility index (Phi) is 6.11. The highest BCUT2D eigenvalue weighted by atomic mass is 16.3. The van der Waals surface area contributed by atoms with Crippen molar-refractivity contribution in [3.63, 3.8) is 0 Å². The Hall–Kier alpha value is -2.88. The molecule has 0 spiro atoms. The average Bonchev–Trinajstić information content (AvgIpc) is 3.13. The lowest BCUT2D eigenvalue weighted by molar-refractivity contribution is -0.928. The zero-order valence-corrected chi connectivity index (χ0v) is 18.9. The minimum Gasteiger partial charge on any atom is -0.387 e. The molecular weight excluding hydrogens is 392 g/mol. The third-order valence-corrected chi connectivity index (χ3v) is 6.87. The summed E-state index contributed by atoms with van der Waals surface area (Å²) < 4.78 is 2.42. The molecule has 0 bridgehead atoms. The van der Waals surface area contributed by atoms with Crippen LogP contribution in [0.4, 0.5) is 0 Å². The minimum absolute atomic E-state index is 0.349. The van der Waals surface area contributed by atoms with Gasteiger partial charge in [-0.3, -0.25) is 0 Å². The predicted octanol–water partition coefficient (Wildman–Crippen LogP) is 4.60. The first-order valence-corrected chi connectivity index (χ1v) is 11.9. The molecule has 1 atom stereocenters. The summed E-state index contributed by atoms with van der Waals surface area (Å²) in [6.07, 6.45) is 2.66. The summed E-state index contributed by atoms with van der Waals surface area (Å²) in [5, 5.41) is 12.3. The first-order chi connectivity index (χ1) is 15.7. The number of aliphatic hydroxyl groups excluding tert-OH is 1. The molecule has 3 aromatic carbocycles. The van der Waals surface area contributed by atoms with E-state index in [0.29, 0.717) is 0 Å². The monoisotopic (exact) mass is 425 g/mol. The van der Waals surface area contributed by atoms with Crippen LogP contribution in [-0.2, 0) is 26.1 Å². The van der Waals surface area contributed by atoms with Gasteiger partial charge >= 0.3 is 0 Å². The van der Waals surface area contributed by atoms with Crippen molar-refractivity contribution < 1.29 is 10.0 Å². The van der Waals surface area contributed by atoms with E-state index in [-0.39, 0.29) is 6.10 Å². The molecule has 32 heavy (non-hydrogen) atoms. The third-order valence-electron chi connectivity index (χ3n) is 6.87. The Labute approximate surface area is 190 Å². The van der Waals surface area contributed by atoms with Crippen molar-refractivity contribution in [3.05, 3.63) is 107 Å². The van der Waals surface area contributed by atoms with Gasteiger partial charge in [0.1, 0.15) is 13.1 Å². The maximum absolute atomic E-state index is 10.9. The zero-order chi connectivity index (χ0) is 21.9. The molecule has 1 aromatic heterocycles. The second-order valence-electron chi connectivity index (χ2n) is 9.27. The van der Waals surface area contributed by atoms with Gasteiger partial charge in [-0.2, -0.15) is 0 Å². The van der Waals surface area contributed by atoms with Gasteiger partial charge in [0.05, 0.1) is 24.9 Å². The number of quaternary nitrogens is 1. The van der Waals surface area contributed by atoms with Crippen molar-refractivity contribution in [2.75, 3.05) is 6.54 Å². The molecule has 3 nitrogen and oxygen atoms in total. The lowest BCUT2D eigenvalue weighted by Gasteiger charge is -2.24. The van der Waals surface area contributed by atoms with Gasteiger partial charge < -0.3 is 14.6 Å². The number of aromatic nitrogens is 1. The standard InChI is InChI=1S/C29H32N2O/c1-22-15-16-27-26(19-22)25-13-8-14-28(32)29(25)31(27)18-17-30(20-23-9-4-2-5-10-23)21-24-11-6-3-7-12-24/h2-7,9-12,15-16,19,28,32H,8,13-14,17-18,20-21H2,1H3/p+1/t28-/m0/s1. The van der Waals surface area contributed by atoms with Crippen molar-refractivity contribution in [2.24, 2.45) is 0 Å². The summed E-state index contributed by atoms with van der Waals surface area (Å²) in [6.45, 7) is 6.09. The van der Waals surface area contributed by atoms with Crippen LogP contribution >= 0.6 is 0 Å². The molecule has 1 aliphatic rings. The van der Waals surface area contributed by atoms with Crippen LogP contribution in [0.1, 0.15) is 46.9 Å². The first-order valence-electron chi connectivity index (χ1n) is 11.9. The number of benzene rings is 3. The van der Waals surface area contributed by atoms with Crippen molar-refractivity contribution in [1.29, 1.82) is 0 Å². The van der Waals surface area contributed by atoms with Crippen LogP contribution in [0, 0.1) is 6.92 Å². The highest BCUT2D eigenvalue weighted by molar-refractivity contribution is 5.86. The number of nitrogens with zero attached hydrogens (tertiary/aromatic N) is 1. The number of nitrogens with one attached hydrogen (secondary N) is 1. The molecule has 3 heteroatoms. The summed E-state index contributed by atoms with van der Waals surface area (Å²) in [6, 6.07) is 28.4. The van der Waals surface area contributed by atoms with E-state index in [4.69, 9.17) is 0 Å². The third kappa shape index (κ3) is 4.36. The van der Waals surface area contributed by atoms with Crippen molar-refractivity contribution in [2.45, 2.75) is 51.9 Å². The Morgan fingerprint density at radius 1 is 0.906 bits per heavy atom. The summed E-state index contributed by atoms with van der Waals surface area (Å²) in [5.74, 6) is 0. The van der Waals surface area contributed by atoms with Gasteiger partial charge in [-0.15, -0.1) is 0 Å². The van der Waals surface area contributed by atoms with Gasteiger partial charge in [0.15, 0.2) is 0 Å². The lowest BCUT2D eigenvalue weighted by atomic mass is 9.93. The van der Waals surface area contributed by atoms with Crippen LogP contribution in [0.5, 0.6) is 0 Å². The largest absolute Gasteiger partial charge is 0.387 e. The molecule has 0 amide bonds. The number of fused-ring (bicyclic) bond motifs is 3. The number of aliphatic hydroxyl groups is 1. The van der Waals surface area contributed by atoms with Crippen LogP contribution in [-0.4, -0.2) is 16.2 Å². The molecule has 4 aromatic rings. The average molecular weight is 426 g/mol. The van der Waals surface area contributed by atoms with E-state index in [9.17, 15) is 5.11 Å². The molecule has 0 radical (unpaired) electrons. The van der Waals surface area contributed by atoms with Gasteiger partial charge in [-0.1, -0.05) is 72.3 Å². The fourth-order valence-corrected chi connectivity index (χ4v) is 5.33. The highest BCUT2D eigenvalue weighted by Crippen LogP contribution is 2.37. The number of rotatable bonds is 7. The van der Waals surface area contributed by atoms with Crippen molar-refractivity contribution in [1.82, 2.24) is 4.57 Å². The summed E-state index contributed by atoms with van der Waals surface area (Å²) in [4.78, 5) is 1.54. The van der Waals surface area contributed by atoms with Crippen molar-refractivity contribution >= 4 is 10.9 Å².